The normalized spacial score (nSPS) is 25.2. The van der Waals surface area contributed by atoms with E-state index in [2.05, 4.69) is 5.32 Å². The maximum Gasteiger partial charge on any atom is 0.307 e. The minimum Gasteiger partial charge on any atom is -0.447 e. The van der Waals surface area contributed by atoms with Gasteiger partial charge in [-0.1, -0.05) is 37.3 Å². The first kappa shape index (κ1) is 20.0. The lowest BCUT2D eigenvalue weighted by atomic mass is 9.88. The molecule has 2 aliphatic rings. The lowest BCUT2D eigenvalue weighted by Gasteiger charge is -2.21. The average Bonchev–Trinajstić information content (AvgIpc) is 3.42. The highest BCUT2D eigenvalue weighted by Gasteiger charge is 2.44. The predicted octanol–water partition coefficient (Wildman–Crippen LogP) is 2.06. The summed E-state index contributed by atoms with van der Waals surface area (Å²) in [6, 6.07) is 8.79. The molecule has 150 valence electrons. The van der Waals surface area contributed by atoms with Gasteiger partial charge in [-0.25, -0.2) is 0 Å². The molecule has 8 heteroatoms. The maximum atomic E-state index is 12.5. The average molecular weight is 388 g/mol. The predicted molar refractivity (Wildman–Crippen MR) is 98.7 cm³/mol. The van der Waals surface area contributed by atoms with Gasteiger partial charge in [0.05, 0.1) is 6.42 Å². The van der Waals surface area contributed by atoms with Crippen LogP contribution in [0.5, 0.6) is 0 Å². The van der Waals surface area contributed by atoms with Crippen LogP contribution in [0, 0.1) is 27.9 Å². The number of benzene rings is 1. The fraction of sp³-hybridized carbons (Fsp3) is 0.550. The van der Waals surface area contributed by atoms with Crippen LogP contribution in [-0.4, -0.2) is 35.2 Å². The van der Waals surface area contributed by atoms with Gasteiger partial charge in [0, 0.05) is 34.8 Å². The van der Waals surface area contributed by atoms with Crippen molar-refractivity contribution in [2.45, 2.75) is 44.8 Å². The standard InChI is InChI=1S/C20H24N2O6/c1-12-9-17(23)15(16(12)11-22(26)27)10-18(24)28-19(13-5-3-2-4-6-13)20(25)21-14-7-8-14/h2-6,12,14-16,19H,7-11H2,1H3,(H,21,25)/t12-,15-,16-,19+/m1/s1. The number of esters is 1. The van der Waals surface area contributed by atoms with Crippen LogP contribution < -0.4 is 5.32 Å². The Hall–Kier alpha value is -2.77. The van der Waals surface area contributed by atoms with E-state index in [-0.39, 0.29) is 37.1 Å². The Kier molecular flexibility index (Phi) is 6.06. The minimum absolute atomic E-state index is 0.110. The molecule has 0 bridgehead atoms. The van der Waals surface area contributed by atoms with Crippen molar-refractivity contribution in [2.75, 3.05) is 6.54 Å². The molecule has 2 saturated carbocycles. The van der Waals surface area contributed by atoms with E-state index in [0.29, 0.717) is 5.56 Å². The SMILES string of the molecule is C[C@@H]1CC(=O)[C@H](CC(=O)O[C@H](C(=O)NC2CC2)c2ccccc2)[C@@H]1C[N+](=O)[O-]. The molecule has 3 rings (SSSR count). The molecule has 0 unspecified atom stereocenters. The lowest BCUT2D eigenvalue weighted by molar-refractivity contribution is -0.490. The van der Waals surface area contributed by atoms with Gasteiger partial charge in [0.1, 0.15) is 5.78 Å². The van der Waals surface area contributed by atoms with Crippen LogP contribution in [0.2, 0.25) is 0 Å². The van der Waals surface area contributed by atoms with E-state index in [0.717, 1.165) is 12.8 Å². The second kappa shape index (κ2) is 8.50. The number of carbonyl (C=O) groups excluding carboxylic acids is 3. The van der Waals surface area contributed by atoms with E-state index in [9.17, 15) is 24.5 Å². The maximum absolute atomic E-state index is 12.5. The molecule has 0 spiro atoms. The first-order valence-corrected chi connectivity index (χ1v) is 9.54. The van der Waals surface area contributed by atoms with Gasteiger partial charge in [0.2, 0.25) is 12.6 Å². The first-order valence-electron chi connectivity index (χ1n) is 9.54. The minimum atomic E-state index is -1.10. The van der Waals surface area contributed by atoms with Gasteiger partial charge in [-0.3, -0.25) is 24.5 Å². The quantitative estimate of drug-likeness (QED) is 0.414. The molecule has 0 saturated heterocycles. The number of Topliss-reactive ketones (excluding diaryl/α,β-unsaturated/α-hetero) is 1. The van der Waals surface area contributed by atoms with Crippen molar-refractivity contribution in [3.63, 3.8) is 0 Å². The van der Waals surface area contributed by atoms with E-state index >= 15 is 0 Å². The molecule has 0 aromatic heterocycles. The summed E-state index contributed by atoms with van der Waals surface area (Å²) in [5.74, 6) is -2.63. The molecule has 1 N–H and O–H groups in total. The Morgan fingerprint density at radius 2 is 1.96 bits per heavy atom. The molecular formula is C20H24N2O6. The number of hydrogen-bond donors (Lipinski definition) is 1. The molecule has 8 nitrogen and oxygen atoms in total. The Morgan fingerprint density at radius 3 is 2.57 bits per heavy atom. The van der Waals surface area contributed by atoms with Crippen LogP contribution in [-0.2, 0) is 19.1 Å². The summed E-state index contributed by atoms with van der Waals surface area (Å²) >= 11 is 0. The lowest BCUT2D eigenvalue weighted by Crippen LogP contribution is -2.34. The number of nitro groups is 1. The Balaban J connectivity index is 1.69. The highest BCUT2D eigenvalue weighted by Crippen LogP contribution is 2.37. The van der Waals surface area contributed by atoms with Gasteiger partial charge in [-0.05, 0) is 18.8 Å². The van der Waals surface area contributed by atoms with Crippen molar-refractivity contribution >= 4 is 17.7 Å². The molecule has 1 aromatic rings. The number of ketones is 1. The Morgan fingerprint density at radius 1 is 1.29 bits per heavy atom. The summed E-state index contributed by atoms with van der Waals surface area (Å²) in [5.41, 5.74) is 0.543. The topological polar surface area (TPSA) is 116 Å². The van der Waals surface area contributed by atoms with E-state index in [4.69, 9.17) is 4.74 Å². The van der Waals surface area contributed by atoms with Gasteiger partial charge >= 0.3 is 5.97 Å². The Bertz CT molecular complexity index is 761. The van der Waals surface area contributed by atoms with E-state index in [1.54, 1.807) is 37.3 Å². The van der Waals surface area contributed by atoms with Gasteiger partial charge in [0.15, 0.2) is 0 Å². The molecule has 1 aromatic carbocycles. The van der Waals surface area contributed by atoms with E-state index in [1.165, 1.54) is 0 Å². The summed E-state index contributed by atoms with van der Waals surface area (Å²) in [6.07, 6.45) is 0.677. The van der Waals surface area contributed by atoms with E-state index in [1.807, 2.05) is 0 Å². The van der Waals surface area contributed by atoms with Gasteiger partial charge in [-0.2, -0.15) is 0 Å². The van der Waals surface area contributed by atoms with Crippen LogP contribution in [0.3, 0.4) is 0 Å². The number of amides is 1. The molecule has 28 heavy (non-hydrogen) atoms. The molecule has 0 radical (unpaired) electrons. The number of carbonyl (C=O) groups is 3. The first-order chi connectivity index (χ1) is 13.3. The van der Waals surface area contributed by atoms with Crippen molar-refractivity contribution in [3.8, 4) is 0 Å². The van der Waals surface area contributed by atoms with Crippen molar-refractivity contribution in [1.29, 1.82) is 0 Å². The molecule has 2 aliphatic carbocycles. The number of hydrogen-bond acceptors (Lipinski definition) is 6. The zero-order chi connectivity index (χ0) is 20.3. The highest BCUT2D eigenvalue weighted by atomic mass is 16.6. The van der Waals surface area contributed by atoms with Gasteiger partial charge in [0.25, 0.3) is 5.91 Å². The zero-order valence-corrected chi connectivity index (χ0v) is 15.7. The largest absolute Gasteiger partial charge is 0.447 e. The van der Waals surface area contributed by atoms with Crippen LogP contribution >= 0.6 is 0 Å². The smallest absolute Gasteiger partial charge is 0.307 e. The van der Waals surface area contributed by atoms with E-state index < -0.39 is 34.7 Å². The Labute approximate surface area is 162 Å². The summed E-state index contributed by atoms with van der Waals surface area (Å²) in [7, 11) is 0. The van der Waals surface area contributed by atoms with Gasteiger partial charge in [-0.15, -0.1) is 0 Å². The number of ether oxygens (including phenoxy) is 1. The third-order valence-corrected chi connectivity index (χ3v) is 5.44. The molecule has 0 heterocycles. The monoisotopic (exact) mass is 388 g/mol. The van der Waals surface area contributed by atoms with Crippen molar-refractivity contribution in [3.05, 3.63) is 46.0 Å². The summed E-state index contributed by atoms with van der Waals surface area (Å²) in [6.45, 7) is 1.43. The van der Waals surface area contributed by atoms with Crippen LogP contribution in [0.1, 0.15) is 44.3 Å². The van der Waals surface area contributed by atoms with Crippen molar-refractivity contribution < 1.29 is 24.0 Å². The fourth-order valence-electron chi connectivity index (χ4n) is 3.76. The zero-order valence-electron chi connectivity index (χ0n) is 15.7. The summed E-state index contributed by atoms with van der Waals surface area (Å²) < 4.78 is 5.45. The molecule has 4 atom stereocenters. The number of nitrogens with one attached hydrogen (secondary N) is 1. The second-order valence-corrected chi connectivity index (χ2v) is 7.70. The molecular weight excluding hydrogens is 364 g/mol. The van der Waals surface area contributed by atoms with Crippen LogP contribution in [0.15, 0.2) is 30.3 Å². The second-order valence-electron chi connectivity index (χ2n) is 7.70. The highest BCUT2D eigenvalue weighted by molar-refractivity contribution is 5.89. The number of nitrogens with zero attached hydrogens (tertiary/aromatic N) is 1. The summed E-state index contributed by atoms with van der Waals surface area (Å²) in [4.78, 5) is 47.8. The molecule has 1 amide bonds. The fourth-order valence-corrected chi connectivity index (χ4v) is 3.76. The van der Waals surface area contributed by atoms with Crippen molar-refractivity contribution in [2.24, 2.45) is 17.8 Å². The molecule has 0 aliphatic heterocycles. The summed E-state index contributed by atoms with van der Waals surface area (Å²) in [5, 5.41) is 13.8. The van der Waals surface area contributed by atoms with Crippen LogP contribution in [0.25, 0.3) is 0 Å². The molecule has 2 fully saturated rings. The third-order valence-electron chi connectivity index (χ3n) is 5.44. The van der Waals surface area contributed by atoms with Crippen molar-refractivity contribution in [1.82, 2.24) is 5.32 Å². The van der Waals surface area contributed by atoms with Crippen LogP contribution in [0.4, 0.5) is 0 Å². The van der Waals surface area contributed by atoms with Gasteiger partial charge < -0.3 is 10.1 Å². The third kappa shape index (κ3) is 4.94. The number of rotatable bonds is 8.